The maximum absolute atomic E-state index is 12.0. The predicted molar refractivity (Wildman–Crippen MR) is 94.0 cm³/mol. The van der Waals surface area contributed by atoms with E-state index in [9.17, 15) is 13.2 Å². The summed E-state index contributed by atoms with van der Waals surface area (Å²) in [6, 6.07) is 5.02. The van der Waals surface area contributed by atoms with Gasteiger partial charge in [-0.25, -0.2) is 8.42 Å². The van der Waals surface area contributed by atoms with E-state index in [4.69, 9.17) is 9.47 Å². The number of hydrogen-bond acceptors (Lipinski definition) is 6. The third kappa shape index (κ3) is 3.10. The monoisotopic (exact) mass is 370 g/mol. The average Bonchev–Trinajstić information content (AvgIpc) is 2.97. The summed E-state index contributed by atoms with van der Waals surface area (Å²) in [6.07, 6.45) is 0. The standard InChI is InChI=1S/C15H18N2O5S2/c1-9(18)16-15-17(12-7-24(19,20)8-14(12)23-15)11-5-4-10(21-2)6-13(11)22-3/h4-6,12,14H,7-8H2,1-3H3/t12-,14-/m0/s1. The van der Waals surface area contributed by atoms with Gasteiger partial charge >= 0.3 is 0 Å². The third-order valence-corrected chi connectivity index (χ3v) is 7.18. The Morgan fingerprint density at radius 1 is 1.29 bits per heavy atom. The molecule has 0 spiro atoms. The lowest BCUT2D eigenvalue weighted by Crippen LogP contribution is -2.37. The average molecular weight is 370 g/mol. The number of thioether (sulfide) groups is 1. The van der Waals surface area contributed by atoms with Crippen molar-refractivity contribution in [2.45, 2.75) is 18.2 Å². The maximum atomic E-state index is 12.0. The van der Waals surface area contributed by atoms with Crippen molar-refractivity contribution >= 4 is 38.4 Å². The van der Waals surface area contributed by atoms with Gasteiger partial charge in [-0.05, 0) is 12.1 Å². The molecule has 0 saturated carbocycles. The molecule has 24 heavy (non-hydrogen) atoms. The van der Waals surface area contributed by atoms with Crippen molar-refractivity contribution < 1.29 is 22.7 Å². The van der Waals surface area contributed by atoms with Crippen molar-refractivity contribution in [2.75, 3.05) is 30.6 Å². The van der Waals surface area contributed by atoms with Gasteiger partial charge in [-0.2, -0.15) is 4.99 Å². The van der Waals surface area contributed by atoms with Crippen LogP contribution >= 0.6 is 11.8 Å². The molecular weight excluding hydrogens is 352 g/mol. The quantitative estimate of drug-likeness (QED) is 0.793. The number of benzene rings is 1. The lowest BCUT2D eigenvalue weighted by molar-refractivity contribution is -0.115. The number of methoxy groups -OCH3 is 2. The minimum atomic E-state index is -3.10. The molecule has 1 aromatic carbocycles. The Morgan fingerprint density at radius 2 is 2.04 bits per heavy atom. The van der Waals surface area contributed by atoms with E-state index in [0.717, 1.165) is 0 Å². The van der Waals surface area contributed by atoms with Crippen molar-refractivity contribution in [3.8, 4) is 11.5 Å². The summed E-state index contributed by atoms with van der Waals surface area (Å²) in [7, 11) is -0.00687. The van der Waals surface area contributed by atoms with Crippen LogP contribution in [0.2, 0.25) is 0 Å². The number of amidine groups is 1. The number of amides is 1. The van der Waals surface area contributed by atoms with E-state index in [1.807, 2.05) is 0 Å². The smallest absolute Gasteiger partial charge is 0.244 e. The van der Waals surface area contributed by atoms with Crippen LogP contribution in [0.25, 0.3) is 0 Å². The van der Waals surface area contributed by atoms with Crippen LogP contribution in [0.5, 0.6) is 11.5 Å². The second-order valence-corrected chi connectivity index (χ2v) is 8.98. The molecule has 0 unspecified atom stereocenters. The van der Waals surface area contributed by atoms with Gasteiger partial charge in [-0.15, -0.1) is 0 Å². The summed E-state index contributed by atoms with van der Waals surface area (Å²) in [5.41, 5.74) is 0.676. The second-order valence-electron chi connectivity index (χ2n) is 5.62. The van der Waals surface area contributed by atoms with Crippen LogP contribution in [0.3, 0.4) is 0 Å². The summed E-state index contributed by atoms with van der Waals surface area (Å²) >= 11 is 1.33. The Kier molecular flexibility index (Phi) is 4.48. The van der Waals surface area contributed by atoms with Crippen LogP contribution < -0.4 is 14.4 Å². The number of hydrogen-bond donors (Lipinski definition) is 0. The van der Waals surface area contributed by atoms with Gasteiger partial charge in [0, 0.05) is 18.2 Å². The Bertz CT molecular complexity index is 806. The van der Waals surface area contributed by atoms with Gasteiger partial charge < -0.3 is 14.4 Å². The molecule has 2 aliphatic rings. The van der Waals surface area contributed by atoms with Crippen LogP contribution in [-0.2, 0) is 14.6 Å². The zero-order valence-corrected chi connectivity index (χ0v) is 15.2. The molecule has 2 atom stereocenters. The summed E-state index contributed by atoms with van der Waals surface area (Å²) in [6.45, 7) is 1.38. The molecular formula is C15H18N2O5S2. The zero-order chi connectivity index (χ0) is 17.5. The Labute approximate surface area is 144 Å². The number of ether oxygens (including phenoxy) is 2. The van der Waals surface area contributed by atoms with Gasteiger partial charge in [0.1, 0.15) is 11.5 Å². The molecule has 2 fully saturated rings. The highest BCUT2D eigenvalue weighted by Gasteiger charge is 2.49. The molecule has 9 heteroatoms. The van der Waals surface area contributed by atoms with Crippen LogP contribution in [0.15, 0.2) is 23.2 Å². The van der Waals surface area contributed by atoms with Crippen molar-refractivity contribution in [3.63, 3.8) is 0 Å². The van der Waals surface area contributed by atoms with Crippen LogP contribution in [0.1, 0.15) is 6.92 Å². The van der Waals surface area contributed by atoms with Gasteiger partial charge in [0.15, 0.2) is 15.0 Å². The van der Waals surface area contributed by atoms with E-state index in [1.165, 1.54) is 25.8 Å². The van der Waals surface area contributed by atoms with Crippen molar-refractivity contribution in [2.24, 2.45) is 4.99 Å². The molecule has 0 N–H and O–H groups in total. The van der Waals surface area contributed by atoms with E-state index in [2.05, 4.69) is 4.99 Å². The lowest BCUT2D eigenvalue weighted by Gasteiger charge is -2.26. The van der Waals surface area contributed by atoms with Gasteiger partial charge in [-0.3, -0.25) is 4.79 Å². The summed E-state index contributed by atoms with van der Waals surface area (Å²) in [5, 5.41) is 0.371. The first kappa shape index (κ1) is 17.1. The van der Waals surface area contributed by atoms with E-state index in [0.29, 0.717) is 22.4 Å². The predicted octanol–water partition coefficient (Wildman–Crippen LogP) is 1.33. The van der Waals surface area contributed by atoms with E-state index >= 15 is 0 Å². The largest absolute Gasteiger partial charge is 0.497 e. The highest BCUT2D eigenvalue weighted by Crippen LogP contribution is 2.44. The number of fused-ring (bicyclic) bond motifs is 1. The number of aliphatic imine (C=N–C) groups is 1. The molecule has 0 aliphatic carbocycles. The number of anilines is 1. The minimum Gasteiger partial charge on any atom is -0.497 e. The Morgan fingerprint density at radius 3 is 2.67 bits per heavy atom. The minimum absolute atomic E-state index is 0.0385. The maximum Gasteiger partial charge on any atom is 0.244 e. The molecule has 2 heterocycles. The number of rotatable bonds is 3. The Hall–Kier alpha value is -1.74. The molecule has 130 valence electrons. The fraction of sp³-hybridized carbons (Fsp3) is 0.467. The Balaban J connectivity index is 2.09. The van der Waals surface area contributed by atoms with Crippen molar-refractivity contribution in [3.05, 3.63) is 18.2 Å². The molecule has 3 rings (SSSR count). The number of carbonyl (C=O) groups is 1. The lowest BCUT2D eigenvalue weighted by atomic mass is 10.2. The van der Waals surface area contributed by atoms with E-state index in [-0.39, 0.29) is 28.7 Å². The van der Waals surface area contributed by atoms with Crippen molar-refractivity contribution in [1.82, 2.24) is 0 Å². The zero-order valence-electron chi connectivity index (χ0n) is 13.6. The fourth-order valence-electron chi connectivity index (χ4n) is 2.96. The molecule has 2 saturated heterocycles. The first-order valence-electron chi connectivity index (χ1n) is 7.32. The number of nitrogens with zero attached hydrogens (tertiary/aromatic N) is 2. The summed E-state index contributed by atoms with van der Waals surface area (Å²) < 4.78 is 34.6. The molecule has 0 radical (unpaired) electrons. The van der Waals surface area contributed by atoms with Crippen LogP contribution in [0, 0.1) is 0 Å². The number of carbonyl (C=O) groups excluding carboxylic acids is 1. The first-order chi connectivity index (χ1) is 11.3. The fourth-order valence-corrected chi connectivity index (χ4v) is 6.92. The number of sulfone groups is 1. The third-order valence-electron chi connectivity index (χ3n) is 3.97. The highest BCUT2D eigenvalue weighted by atomic mass is 32.2. The van der Waals surface area contributed by atoms with Crippen LogP contribution in [-0.4, -0.2) is 56.5 Å². The molecule has 0 bridgehead atoms. The van der Waals surface area contributed by atoms with Gasteiger partial charge in [0.2, 0.25) is 5.91 Å². The van der Waals surface area contributed by atoms with Crippen LogP contribution in [0.4, 0.5) is 5.69 Å². The molecule has 1 amide bonds. The molecule has 1 aromatic rings. The van der Waals surface area contributed by atoms with E-state index < -0.39 is 9.84 Å². The van der Waals surface area contributed by atoms with Gasteiger partial charge in [-0.1, -0.05) is 11.8 Å². The SMILES string of the molecule is COc1ccc(N2C(=NC(C)=O)S[C@H]3CS(=O)(=O)C[C@@H]32)c(OC)c1. The first-order valence-corrected chi connectivity index (χ1v) is 10.0. The molecule has 7 nitrogen and oxygen atoms in total. The molecule has 2 aliphatic heterocycles. The normalized spacial score (nSPS) is 26.5. The summed E-state index contributed by atoms with van der Waals surface area (Å²) in [4.78, 5) is 17.4. The van der Waals surface area contributed by atoms with Gasteiger partial charge in [0.05, 0.1) is 37.5 Å². The van der Waals surface area contributed by atoms with Crippen molar-refractivity contribution in [1.29, 1.82) is 0 Å². The summed E-state index contributed by atoms with van der Waals surface area (Å²) in [5.74, 6) is 0.974. The highest BCUT2D eigenvalue weighted by molar-refractivity contribution is 8.16. The van der Waals surface area contributed by atoms with Gasteiger partial charge in [0.25, 0.3) is 0 Å². The molecule has 0 aromatic heterocycles. The van der Waals surface area contributed by atoms with E-state index in [1.54, 1.807) is 30.2 Å². The second kappa shape index (κ2) is 6.29. The topological polar surface area (TPSA) is 85.3 Å².